The molecule has 0 saturated heterocycles. The van der Waals surface area contributed by atoms with Crippen LogP contribution in [-0.4, -0.2) is 31.7 Å². The molecular weight excluding hydrogens is 414 g/mol. The number of Topliss-reactive ketones (excluding diaryl/α,β-unsaturated/α-hetero) is 1. The van der Waals surface area contributed by atoms with E-state index in [1.54, 1.807) is 13.2 Å². The lowest BCUT2D eigenvalue weighted by molar-refractivity contribution is -0.143. The second kappa shape index (κ2) is 8.67. The number of ether oxygens (including phenoxy) is 2. The van der Waals surface area contributed by atoms with Crippen LogP contribution in [0.2, 0.25) is 5.02 Å². The molecule has 1 unspecified atom stereocenters. The van der Waals surface area contributed by atoms with Gasteiger partial charge >= 0.3 is 5.97 Å². The average molecular weight is 438 g/mol. The molecule has 5 nitrogen and oxygen atoms in total. The SMILES string of the molecule is COC(=O)C1C(C)=NC2=C(C(=O)C[C@@H](c3ccc(OC)cc3)C2)[C@H]1c1ccccc1Cl. The third-order valence-electron chi connectivity index (χ3n) is 6.17. The molecule has 2 aliphatic rings. The zero-order valence-corrected chi connectivity index (χ0v) is 18.5. The maximum Gasteiger partial charge on any atom is 0.315 e. The van der Waals surface area contributed by atoms with E-state index in [-0.39, 0.29) is 11.7 Å². The monoisotopic (exact) mass is 437 g/mol. The van der Waals surface area contributed by atoms with Crippen molar-refractivity contribution in [2.24, 2.45) is 10.9 Å². The van der Waals surface area contributed by atoms with Crippen LogP contribution in [0.3, 0.4) is 0 Å². The van der Waals surface area contributed by atoms with E-state index in [9.17, 15) is 9.59 Å². The van der Waals surface area contributed by atoms with Gasteiger partial charge in [-0.3, -0.25) is 14.6 Å². The Balaban J connectivity index is 1.79. The fourth-order valence-corrected chi connectivity index (χ4v) is 4.92. The van der Waals surface area contributed by atoms with E-state index in [0.29, 0.717) is 29.1 Å². The summed E-state index contributed by atoms with van der Waals surface area (Å²) >= 11 is 6.51. The molecule has 1 aliphatic carbocycles. The molecule has 0 radical (unpaired) electrons. The topological polar surface area (TPSA) is 65.0 Å². The lowest BCUT2D eigenvalue weighted by Gasteiger charge is -2.36. The maximum absolute atomic E-state index is 13.4. The van der Waals surface area contributed by atoms with Crippen LogP contribution in [0.1, 0.15) is 42.7 Å². The van der Waals surface area contributed by atoms with E-state index in [0.717, 1.165) is 22.6 Å². The van der Waals surface area contributed by atoms with Gasteiger partial charge in [-0.2, -0.15) is 0 Å². The van der Waals surface area contributed by atoms with Gasteiger partial charge in [0.1, 0.15) is 11.7 Å². The van der Waals surface area contributed by atoms with Crippen molar-refractivity contribution in [1.29, 1.82) is 0 Å². The molecule has 6 heteroatoms. The molecule has 0 amide bonds. The molecule has 1 aliphatic heterocycles. The first-order valence-corrected chi connectivity index (χ1v) is 10.6. The molecule has 0 saturated carbocycles. The Bertz CT molecular complexity index is 1090. The molecule has 3 atom stereocenters. The number of ketones is 1. The number of carbonyl (C=O) groups is 2. The fourth-order valence-electron chi connectivity index (χ4n) is 4.67. The second-order valence-electron chi connectivity index (χ2n) is 7.92. The number of esters is 1. The van der Waals surface area contributed by atoms with Crippen LogP contribution in [0.5, 0.6) is 5.75 Å². The van der Waals surface area contributed by atoms with Crippen LogP contribution < -0.4 is 4.74 Å². The third kappa shape index (κ3) is 3.90. The van der Waals surface area contributed by atoms with Gasteiger partial charge in [-0.25, -0.2) is 0 Å². The molecule has 160 valence electrons. The van der Waals surface area contributed by atoms with Crippen molar-refractivity contribution >= 4 is 29.1 Å². The van der Waals surface area contributed by atoms with Gasteiger partial charge in [-0.15, -0.1) is 0 Å². The molecule has 0 bridgehead atoms. The number of benzene rings is 2. The van der Waals surface area contributed by atoms with Gasteiger partial charge in [-0.1, -0.05) is 41.9 Å². The number of carbonyl (C=O) groups excluding carboxylic acids is 2. The summed E-state index contributed by atoms with van der Waals surface area (Å²) < 4.78 is 10.3. The number of halogens is 1. The van der Waals surface area contributed by atoms with Crippen molar-refractivity contribution in [3.63, 3.8) is 0 Å². The predicted molar refractivity (Wildman–Crippen MR) is 120 cm³/mol. The zero-order valence-electron chi connectivity index (χ0n) is 17.7. The lowest BCUT2D eigenvalue weighted by atomic mass is 9.69. The minimum atomic E-state index is -0.676. The van der Waals surface area contributed by atoms with Gasteiger partial charge in [0, 0.05) is 34.3 Å². The summed E-state index contributed by atoms with van der Waals surface area (Å²) in [6.07, 6.45) is 0.980. The van der Waals surface area contributed by atoms with Crippen molar-refractivity contribution in [2.75, 3.05) is 14.2 Å². The second-order valence-corrected chi connectivity index (χ2v) is 8.32. The largest absolute Gasteiger partial charge is 0.497 e. The number of hydrogen-bond donors (Lipinski definition) is 0. The Kier molecular flexibility index (Phi) is 5.96. The number of allylic oxidation sites excluding steroid dienone is 2. The molecule has 2 aromatic rings. The highest BCUT2D eigenvalue weighted by molar-refractivity contribution is 6.31. The van der Waals surface area contributed by atoms with Gasteiger partial charge in [0.25, 0.3) is 0 Å². The Morgan fingerprint density at radius 1 is 1.06 bits per heavy atom. The molecule has 2 aromatic carbocycles. The first kappa shape index (κ1) is 21.3. The van der Waals surface area contributed by atoms with Crippen LogP contribution in [0.4, 0.5) is 0 Å². The van der Waals surface area contributed by atoms with E-state index in [1.807, 2.05) is 49.4 Å². The first-order chi connectivity index (χ1) is 14.9. The van der Waals surface area contributed by atoms with E-state index >= 15 is 0 Å². The number of hydrogen-bond acceptors (Lipinski definition) is 5. The molecule has 31 heavy (non-hydrogen) atoms. The van der Waals surface area contributed by atoms with E-state index in [2.05, 4.69) is 0 Å². The fraction of sp³-hybridized carbons (Fsp3) is 0.320. The van der Waals surface area contributed by atoms with E-state index in [1.165, 1.54) is 7.11 Å². The standard InChI is InChI=1S/C25H24ClNO4/c1-14-22(25(29)31-3)23(18-6-4-5-7-19(18)26)24-20(27-14)12-16(13-21(24)28)15-8-10-17(30-2)11-9-15/h4-11,16,22-23H,12-13H2,1-3H3/t16-,22?,23-/m0/s1. The molecule has 1 heterocycles. The summed E-state index contributed by atoms with van der Waals surface area (Å²) in [4.78, 5) is 30.9. The van der Waals surface area contributed by atoms with Crippen LogP contribution in [0.15, 0.2) is 64.8 Å². The summed E-state index contributed by atoms with van der Waals surface area (Å²) in [7, 11) is 2.98. The zero-order chi connectivity index (χ0) is 22.1. The van der Waals surface area contributed by atoms with Gasteiger partial charge in [0.05, 0.1) is 14.2 Å². The Labute approximate surface area is 186 Å². The third-order valence-corrected chi connectivity index (χ3v) is 6.52. The summed E-state index contributed by atoms with van der Waals surface area (Å²) in [6.45, 7) is 1.82. The summed E-state index contributed by atoms with van der Waals surface area (Å²) in [6, 6.07) is 15.1. The number of rotatable bonds is 4. The maximum atomic E-state index is 13.4. The molecule has 4 rings (SSSR count). The van der Waals surface area contributed by atoms with Crippen molar-refractivity contribution in [2.45, 2.75) is 31.6 Å². The minimum absolute atomic E-state index is 0.00265. The van der Waals surface area contributed by atoms with Crippen molar-refractivity contribution in [3.05, 3.63) is 76.0 Å². The number of methoxy groups -OCH3 is 2. The molecule has 0 spiro atoms. The van der Waals surface area contributed by atoms with Gasteiger partial charge in [0.2, 0.25) is 0 Å². The molecule has 0 fully saturated rings. The Morgan fingerprint density at radius 2 is 1.77 bits per heavy atom. The first-order valence-electron chi connectivity index (χ1n) is 10.2. The predicted octanol–water partition coefficient (Wildman–Crippen LogP) is 5.10. The summed E-state index contributed by atoms with van der Waals surface area (Å²) in [5.74, 6) is -0.796. The average Bonchev–Trinajstić information content (AvgIpc) is 2.78. The molecular formula is C25H24ClNO4. The summed E-state index contributed by atoms with van der Waals surface area (Å²) in [5, 5.41) is 0.521. The smallest absolute Gasteiger partial charge is 0.315 e. The van der Waals surface area contributed by atoms with Crippen LogP contribution in [0.25, 0.3) is 0 Å². The van der Waals surface area contributed by atoms with Crippen molar-refractivity contribution < 1.29 is 19.1 Å². The quantitative estimate of drug-likeness (QED) is 0.624. The van der Waals surface area contributed by atoms with Crippen molar-refractivity contribution in [1.82, 2.24) is 0 Å². The lowest BCUT2D eigenvalue weighted by Crippen LogP contribution is -2.37. The van der Waals surface area contributed by atoms with E-state index < -0.39 is 17.8 Å². The Morgan fingerprint density at radius 3 is 2.42 bits per heavy atom. The van der Waals surface area contributed by atoms with E-state index in [4.69, 9.17) is 26.1 Å². The van der Waals surface area contributed by atoms with Gasteiger partial charge in [-0.05, 0) is 48.6 Å². The van der Waals surface area contributed by atoms with Crippen LogP contribution >= 0.6 is 11.6 Å². The van der Waals surface area contributed by atoms with Gasteiger partial charge in [0.15, 0.2) is 5.78 Å². The number of aliphatic imine (C=N–C) groups is 1. The highest BCUT2D eigenvalue weighted by Gasteiger charge is 2.45. The normalized spacial score (nSPS) is 23.2. The number of nitrogens with zero attached hydrogens (tertiary/aromatic N) is 1. The summed E-state index contributed by atoms with van der Waals surface area (Å²) in [5.41, 5.74) is 3.77. The molecule has 0 aromatic heterocycles. The highest BCUT2D eigenvalue weighted by atomic mass is 35.5. The van der Waals surface area contributed by atoms with Crippen molar-refractivity contribution in [3.8, 4) is 5.75 Å². The molecule has 0 N–H and O–H groups in total. The minimum Gasteiger partial charge on any atom is -0.497 e. The highest BCUT2D eigenvalue weighted by Crippen LogP contribution is 2.48. The van der Waals surface area contributed by atoms with Crippen LogP contribution in [-0.2, 0) is 14.3 Å². The van der Waals surface area contributed by atoms with Crippen LogP contribution in [0, 0.1) is 5.92 Å². The van der Waals surface area contributed by atoms with Gasteiger partial charge < -0.3 is 9.47 Å². The Hall–Kier alpha value is -2.92.